The van der Waals surface area contributed by atoms with E-state index in [-0.39, 0.29) is 11.4 Å². The van der Waals surface area contributed by atoms with Crippen LogP contribution < -0.4 is 0 Å². The zero-order valence-electron chi connectivity index (χ0n) is 7.49. The van der Waals surface area contributed by atoms with E-state index in [2.05, 4.69) is 25.9 Å². The molecule has 0 aliphatic heterocycles. The number of nitrogens with zero attached hydrogens (tertiary/aromatic N) is 2. The van der Waals surface area contributed by atoms with Crippen molar-refractivity contribution in [3.8, 4) is 0 Å². The first-order valence-corrected chi connectivity index (χ1v) is 5.42. The van der Waals surface area contributed by atoms with Gasteiger partial charge >= 0.3 is 0 Å². The van der Waals surface area contributed by atoms with Crippen molar-refractivity contribution in [3.63, 3.8) is 0 Å². The van der Waals surface area contributed by atoms with Crippen molar-refractivity contribution >= 4 is 27.7 Å². The second-order valence-corrected chi connectivity index (χ2v) is 5.74. The molecule has 1 aromatic rings. The lowest BCUT2D eigenvalue weighted by atomic mass is 10.2. The molecule has 0 aromatic carbocycles. The normalized spacial score (nSPS) is 11.7. The van der Waals surface area contributed by atoms with E-state index in [9.17, 15) is 0 Å². The first kappa shape index (κ1) is 10.9. The Morgan fingerprint density at radius 3 is 2.77 bits per heavy atom. The lowest BCUT2D eigenvalue weighted by molar-refractivity contribution is 0.265. The molecule has 0 saturated heterocycles. The molecule has 0 aliphatic rings. The molecule has 0 unspecified atom stereocenters. The standard InChI is InChI=1S/C8H11BrN2OS/c1-8(2,4-12)13-7-3-6(9)10-5-11-7/h3,5,12H,4H2,1-2H3. The maximum Gasteiger partial charge on any atom is 0.118 e. The quantitative estimate of drug-likeness (QED) is 0.670. The summed E-state index contributed by atoms with van der Waals surface area (Å²) in [5, 5.41) is 9.91. The molecule has 3 nitrogen and oxygen atoms in total. The van der Waals surface area contributed by atoms with E-state index in [1.807, 2.05) is 19.9 Å². The van der Waals surface area contributed by atoms with Crippen LogP contribution in [0.2, 0.25) is 0 Å². The van der Waals surface area contributed by atoms with Crippen LogP contribution in [0.15, 0.2) is 22.0 Å². The van der Waals surface area contributed by atoms with Crippen LogP contribution in [0.4, 0.5) is 0 Å². The Bertz CT molecular complexity index is 293. The van der Waals surface area contributed by atoms with E-state index in [1.54, 1.807) is 0 Å². The van der Waals surface area contributed by atoms with Gasteiger partial charge in [-0.3, -0.25) is 0 Å². The highest BCUT2D eigenvalue weighted by Crippen LogP contribution is 2.30. The first-order valence-electron chi connectivity index (χ1n) is 3.81. The summed E-state index contributed by atoms with van der Waals surface area (Å²) >= 11 is 4.79. The van der Waals surface area contributed by atoms with Crippen LogP contribution in [0.25, 0.3) is 0 Å². The van der Waals surface area contributed by atoms with Gasteiger partial charge in [0.2, 0.25) is 0 Å². The van der Waals surface area contributed by atoms with Gasteiger partial charge in [-0.25, -0.2) is 9.97 Å². The smallest absolute Gasteiger partial charge is 0.118 e. The summed E-state index contributed by atoms with van der Waals surface area (Å²) in [6.45, 7) is 4.06. The van der Waals surface area contributed by atoms with Crippen molar-refractivity contribution in [1.29, 1.82) is 0 Å². The molecule has 5 heteroatoms. The zero-order chi connectivity index (χ0) is 9.90. The predicted octanol–water partition coefficient (Wildman–Crippen LogP) is 2.10. The molecule has 0 radical (unpaired) electrons. The molecule has 0 amide bonds. The molecule has 0 saturated carbocycles. The Morgan fingerprint density at radius 2 is 2.23 bits per heavy atom. The fraction of sp³-hybridized carbons (Fsp3) is 0.500. The van der Waals surface area contributed by atoms with Gasteiger partial charge in [0.05, 0.1) is 6.61 Å². The second kappa shape index (κ2) is 4.39. The number of hydrogen-bond acceptors (Lipinski definition) is 4. The van der Waals surface area contributed by atoms with E-state index >= 15 is 0 Å². The third-order valence-corrected chi connectivity index (χ3v) is 2.92. The monoisotopic (exact) mass is 262 g/mol. The molecule has 0 aliphatic carbocycles. The van der Waals surface area contributed by atoms with Crippen LogP contribution in [0.1, 0.15) is 13.8 Å². The van der Waals surface area contributed by atoms with Crippen molar-refractivity contribution in [3.05, 3.63) is 17.0 Å². The number of hydrogen-bond donors (Lipinski definition) is 1. The van der Waals surface area contributed by atoms with Gasteiger partial charge in [-0.05, 0) is 29.8 Å². The van der Waals surface area contributed by atoms with Crippen molar-refractivity contribution in [2.45, 2.75) is 23.6 Å². The molecule has 13 heavy (non-hydrogen) atoms. The minimum Gasteiger partial charge on any atom is -0.395 e. The molecule has 1 heterocycles. The summed E-state index contributed by atoms with van der Waals surface area (Å²) in [5.41, 5.74) is 0. The van der Waals surface area contributed by atoms with E-state index in [1.165, 1.54) is 18.1 Å². The molecule has 0 spiro atoms. The van der Waals surface area contributed by atoms with Gasteiger partial charge in [-0.1, -0.05) is 11.8 Å². The topological polar surface area (TPSA) is 46.0 Å². The SMILES string of the molecule is CC(C)(CO)Sc1cc(Br)ncn1. The molecule has 0 bridgehead atoms. The Balaban J connectivity index is 2.74. The van der Waals surface area contributed by atoms with Gasteiger partial charge in [-0.2, -0.15) is 0 Å². The van der Waals surface area contributed by atoms with Crippen LogP contribution in [0.3, 0.4) is 0 Å². The van der Waals surface area contributed by atoms with E-state index in [0.717, 1.165) is 9.63 Å². The van der Waals surface area contributed by atoms with E-state index in [0.29, 0.717) is 0 Å². The molecule has 1 aromatic heterocycles. The molecule has 1 N–H and O–H groups in total. The largest absolute Gasteiger partial charge is 0.395 e. The number of rotatable bonds is 3. The lowest BCUT2D eigenvalue weighted by Crippen LogP contribution is -2.19. The summed E-state index contributed by atoms with van der Waals surface area (Å²) in [5.74, 6) is 0. The van der Waals surface area contributed by atoms with Crippen molar-refractivity contribution in [1.82, 2.24) is 9.97 Å². The van der Waals surface area contributed by atoms with Crippen molar-refractivity contribution in [2.75, 3.05) is 6.61 Å². The van der Waals surface area contributed by atoms with Gasteiger partial charge < -0.3 is 5.11 Å². The Morgan fingerprint density at radius 1 is 1.54 bits per heavy atom. The van der Waals surface area contributed by atoms with Gasteiger partial charge in [0, 0.05) is 10.8 Å². The minimum absolute atomic E-state index is 0.124. The molecule has 1 rings (SSSR count). The third kappa shape index (κ3) is 3.62. The number of aliphatic hydroxyl groups is 1. The summed E-state index contributed by atoms with van der Waals surface area (Å²) in [6, 6.07) is 1.84. The van der Waals surface area contributed by atoms with Gasteiger partial charge in [0.1, 0.15) is 16.0 Å². The molecule has 72 valence electrons. The molecule has 0 fully saturated rings. The summed E-state index contributed by atoms with van der Waals surface area (Å²) in [7, 11) is 0. The fourth-order valence-electron chi connectivity index (χ4n) is 0.689. The highest BCUT2D eigenvalue weighted by molar-refractivity contribution is 9.10. The van der Waals surface area contributed by atoms with Crippen LogP contribution in [0.5, 0.6) is 0 Å². The van der Waals surface area contributed by atoms with Crippen LogP contribution in [0, 0.1) is 0 Å². The molecular weight excluding hydrogens is 252 g/mol. The zero-order valence-corrected chi connectivity index (χ0v) is 9.89. The molecular formula is C8H11BrN2OS. The van der Waals surface area contributed by atoms with Crippen molar-refractivity contribution < 1.29 is 5.11 Å². The second-order valence-electron chi connectivity index (χ2n) is 3.20. The minimum atomic E-state index is -0.201. The predicted molar refractivity (Wildman–Crippen MR) is 56.8 cm³/mol. The average molecular weight is 263 g/mol. The van der Waals surface area contributed by atoms with Crippen LogP contribution >= 0.6 is 27.7 Å². The molecule has 0 atom stereocenters. The van der Waals surface area contributed by atoms with Crippen LogP contribution in [-0.4, -0.2) is 26.4 Å². The summed E-state index contributed by atoms with van der Waals surface area (Å²) in [4.78, 5) is 8.01. The number of aromatic nitrogens is 2. The average Bonchev–Trinajstić information content (AvgIpc) is 2.03. The van der Waals surface area contributed by atoms with Gasteiger partial charge in [0.25, 0.3) is 0 Å². The first-order chi connectivity index (χ1) is 6.03. The maximum absolute atomic E-state index is 9.05. The fourth-order valence-corrected chi connectivity index (χ4v) is 2.05. The van der Waals surface area contributed by atoms with E-state index < -0.39 is 0 Å². The number of halogens is 1. The van der Waals surface area contributed by atoms with Crippen molar-refractivity contribution in [2.24, 2.45) is 0 Å². The highest BCUT2D eigenvalue weighted by Gasteiger charge is 2.18. The Labute approximate surface area is 90.1 Å². The highest BCUT2D eigenvalue weighted by atomic mass is 79.9. The van der Waals surface area contributed by atoms with Crippen LogP contribution in [-0.2, 0) is 0 Å². The third-order valence-electron chi connectivity index (χ3n) is 1.37. The summed E-state index contributed by atoms with van der Waals surface area (Å²) < 4.78 is 0.562. The summed E-state index contributed by atoms with van der Waals surface area (Å²) in [6.07, 6.45) is 1.50. The Hall–Kier alpha value is -0.130. The van der Waals surface area contributed by atoms with Gasteiger partial charge in [0.15, 0.2) is 0 Å². The lowest BCUT2D eigenvalue weighted by Gasteiger charge is -2.19. The maximum atomic E-state index is 9.05. The van der Waals surface area contributed by atoms with E-state index in [4.69, 9.17) is 5.11 Å². The number of thioether (sulfide) groups is 1. The number of aliphatic hydroxyl groups excluding tert-OH is 1. The van der Waals surface area contributed by atoms with Gasteiger partial charge in [-0.15, -0.1) is 0 Å². The Kier molecular flexibility index (Phi) is 3.70.